The van der Waals surface area contributed by atoms with Gasteiger partial charge >= 0.3 is 0 Å². The first-order valence-corrected chi connectivity index (χ1v) is 11.8. The summed E-state index contributed by atoms with van der Waals surface area (Å²) in [4.78, 5) is 27.3. The minimum Gasteiger partial charge on any atom is -0.375 e. The number of aryl methyl sites for hydroxylation is 2. The predicted molar refractivity (Wildman–Crippen MR) is 142 cm³/mol. The molecular formula is C27H30N6O2. The molecule has 35 heavy (non-hydrogen) atoms. The number of hydrogen-bond donors (Lipinski definition) is 3. The van der Waals surface area contributed by atoms with Gasteiger partial charge in [0.2, 0.25) is 0 Å². The van der Waals surface area contributed by atoms with Gasteiger partial charge in [0, 0.05) is 49.5 Å². The minimum absolute atomic E-state index is 0.181. The molecule has 1 aromatic carbocycles. The van der Waals surface area contributed by atoms with Crippen molar-refractivity contribution in [3.05, 3.63) is 70.3 Å². The average molecular weight is 471 g/mol. The van der Waals surface area contributed by atoms with Crippen LogP contribution in [-0.2, 0) is 4.74 Å². The lowest BCUT2D eigenvalue weighted by molar-refractivity contribution is 0.0532. The molecule has 1 aliphatic rings. The lowest BCUT2D eigenvalue weighted by Gasteiger charge is -2.34. The number of morpholine rings is 1. The Balaban J connectivity index is 1.54. The highest BCUT2D eigenvalue weighted by atomic mass is 16.5. The number of pyridine rings is 3. The Hall–Kier alpha value is -3.91. The van der Waals surface area contributed by atoms with Gasteiger partial charge in [0.05, 0.1) is 23.8 Å². The fourth-order valence-corrected chi connectivity index (χ4v) is 4.69. The van der Waals surface area contributed by atoms with Crippen LogP contribution in [0.2, 0.25) is 0 Å². The van der Waals surface area contributed by atoms with Gasteiger partial charge in [0.15, 0.2) is 0 Å². The zero-order valence-corrected chi connectivity index (χ0v) is 20.5. The number of anilines is 4. The number of H-pyrrole nitrogens is 1. The van der Waals surface area contributed by atoms with E-state index in [1.165, 1.54) is 5.69 Å². The van der Waals surface area contributed by atoms with Crippen molar-refractivity contribution in [1.29, 1.82) is 0 Å². The van der Waals surface area contributed by atoms with Crippen LogP contribution in [0.1, 0.15) is 18.1 Å². The van der Waals surface area contributed by atoms with E-state index in [-0.39, 0.29) is 11.7 Å². The molecule has 180 valence electrons. The summed E-state index contributed by atoms with van der Waals surface area (Å²) in [6.45, 7) is 8.69. The second kappa shape index (κ2) is 9.38. The molecule has 1 saturated heterocycles. The third-order valence-corrected chi connectivity index (χ3v) is 6.41. The second-order valence-corrected chi connectivity index (χ2v) is 9.02. The van der Waals surface area contributed by atoms with Crippen molar-refractivity contribution < 1.29 is 4.74 Å². The van der Waals surface area contributed by atoms with Crippen LogP contribution in [0.5, 0.6) is 0 Å². The van der Waals surface area contributed by atoms with E-state index in [1.54, 1.807) is 12.4 Å². The Morgan fingerprint density at radius 1 is 1.11 bits per heavy atom. The van der Waals surface area contributed by atoms with E-state index in [1.807, 2.05) is 38.2 Å². The van der Waals surface area contributed by atoms with Crippen LogP contribution in [0.4, 0.5) is 23.0 Å². The smallest absolute Gasteiger partial charge is 0.259 e. The average Bonchev–Trinajstić information content (AvgIpc) is 2.84. The zero-order valence-electron chi connectivity index (χ0n) is 20.5. The fraction of sp³-hybridized carbons (Fsp3) is 0.296. The molecule has 3 aromatic heterocycles. The van der Waals surface area contributed by atoms with Crippen LogP contribution in [-0.4, -0.2) is 47.8 Å². The van der Waals surface area contributed by atoms with E-state index in [9.17, 15) is 4.79 Å². The van der Waals surface area contributed by atoms with Crippen molar-refractivity contribution in [2.24, 2.45) is 0 Å². The van der Waals surface area contributed by atoms with Crippen molar-refractivity contribution in [2.75, 3.05) is 42.3 Å². The van der Waals surface area contributed by atoms with Gasteiger partial charge in [-0.2, -0.15) is 0 Å². The number of nitrogens with zero attached hydrogens (tertiary/aromatic N) is 3. The molecule has 1 atom stereocenters. The molecule has 0 unspecified atom stereocenters. The Labute approximate surface area is 204 Å². The highest BCUT2D eigenvalue weighted by Crippen LogP contribution is 2.31. The van der Waals surface area contributed by atoms with Gasteiger partial charge in [-0.15, -0.1) is 0 Å². The maximum Gasteiger partial charge on any atom is 0.259 e. The molecular weight excluding hydrogens is 440 g/mol. The number of fused-ring (bicyclic) bond motifs is 1. The fourth-order valence-electron chi connectivity index (χ4n) is 4.69. The van der Waals surface area contributed by atoms with Gasteiger partial charge in [0.25, 0.3) is 5.56 Å². The predicted octanol–water partition coefficient (Wildman–Crippen LogP) is 4.61. The summed E-state index contributed by atoms with van der Waals surface area (Å²) >= 11 is 0. The van der Waals surface area contributed by atoms with Gasteiger partial charge in [-0.05, 0) is 73.7 Å². The van der Waals surface area contributed by atoms with Gasteiger partial charge in [-0.3, -0.25) is 4.79 Å². The van der Waals surface area contributed by atoms with Crippen LogP contribution in [0.15, 0.2) is 53.6 Å². The van der Waals surface area contributed by atoms with Gasteiger partial charge in [-0.1, -0.05) is 0 Å². The van der Waals surface area contributed by atoms with E-state index < -0.39 is 0 Å². The Bertz CT molecular complexity index is 1450. The topological polar surface area (TPSA) is 95.2 Å². The third kappa shape index (κ3) is 4.57. The number of rotatable bonds is 5. The van der Waals surface area contributed by atoms with Crippen molar-refractivity contribution >= 4 is 33.8 Å². The maximum absolute atomic E-state index is 12.8. The molecule has 1 aliphatic heterocycles. The number of nitrogens with one attached hydrogen (secondary N) is 3. The van der Waals surface area contributed by atoms with E-state index in [0.717, 1.165) is 59.0 Å². The number of aromatic nitrogens is 3. The lowest BCUT2D eigenvalue weighted by atomic mass is 10.1. The molecule has 5 rings (SSSR count). The van der Waals surface area contributed by atoms with E-state index in [2.05, 4.69) is 51.5 Å². The number of ether oxygens (including phenoxy) is 1. The lowest BCUT2D eigenvalue weighted by Crippen LogP contribution is -2.41. The van der Waals surface area contributed by atoms with E-state index >= 15 is 0 Å². The molecule has 0 aliphatic carbocycles. The summed E-state index contributed by atoms with van der Waals surface area (Å²) in [6, 6.07) is 12.1. The van der Waals surface area contributed by atoms with Crippen molar-refractivity contribution in [2.45, 2.75) is 26.9 Å². The van der Waals surface area contributed by atoms with Gasteiger partial charge in [-0.25, -0.2) is 9.97 Å². The molecule has 4 aromatic rings. The number of aromatic amines is 1. The van der Waals surface area contributed by atoms with Crippen LogP contribution in [0, 0.1) is 13.8 Å². The van der Waals surface area contributed by atoms with Crippen LogP contribution >= 0.6 is 0 Å². The van der Waals surface area contributed by atoms with Crippen molar-refractivity contribution in [3.63, 3.8) is 0 Å². The second-order valence-electron chi connectivity index (χ2n) is 9.02. The number of benzene rings is 1. The summed E-state index contributed by atoms with van der Waals surface area (Å²) in [5.41, 5.74) is 5.71. The zero-order chi connectivity index (χ0) is 24.5. The standard InChI is InChI=1S/C27H30N6O2/c1-16-12-21(5-6-23(16)33-9-10-35-18(3)15-33)31-26-24-19(7-8-29-27(24)34)13-22(32-26)20-11-17(2)25(28-4)30-14-20/h5-8,11-14,18H,9-10,15H2,1-4H3,(H,28,30)(H,29,34)(H,31,32)/t18-/m1/s1. The minimum atomic E-state index is -0.181. The molecule has 8 nitrogen and oxygen atoms in total. The molecule has 1 fully saturated rings. The molecule has 8 heteroatoms. The summed E-state index contributed by atoms with van der Waals surface area (Å²) in [5.74, 6) is 1.34. The Morgan fingerprint density at radius 2 is 1.97 bits per heavy atom. The molecule has 0 bridgehead atoms. The quantitative estimate of drug-likeness (QED) is 0.392. The first kappa shape index (κ1) is 22.9. The molecule has 0 radical (unpaired) electrons. The Morgan fingerprint density at radius 3 is 2.71 bits per heavy atom. The van der Waals surface area contributed by atoms with E-state index in [0.29, 0.717) is 11.2 Å². The van der Waals surface area contributed by atoms with Crippen LogP contribution in [0.3, 0.4) is 0 Å². The Kier molecular flexibility index (Phi) is 6.13. The largest absolute Gasteiger partial charge is 0.375 e. The SMILES string of the molecule is CNc1ncc(-c2cc3cc[nH]c(=O)c3c(Nc3ccc(N4CCO[C@H](C)C4)c(C)c3)n2)cc1C. The first-order valence-electron chi connectivity index (χ1n) is 11.8. The first-order chi connectivity index (χ1) is 16.9. The van der Waals surface area contributed by atoms with Crippen molar-refractivity contribution in [3.8, 4) is 11.3 Å². The van der Waals surface area contributed by atoms with Crippen LogP contribution in [0.25, 0.3) is 22.0 Å². The maximum atomic E-state index is 12.8. The summed E-state index contributed by atoms with van der Waals surface area (Å²) in [6.07, 6.45) is 3.67. The van der Waals surface area contributed by atoms with Crippen molar-refractivity contribution in [1.82, 2.24) is 15.0 Å². The molecule has 4 heterocycles. The van der Waals surface area contributed by atoms with E-state index in [4.69, 9.17) is 9.72 Å². The third-order valence-electron chi connectivity index (χ3n) is 6.41. The summed E-state index contributed by atoms with van der Waals surface area (Å²) in [5, 5.41) is 7.84. The van der Waals surface area contributed by atoms with Crippen LogP contribution < -0.4 is 21.1 Å². The highest BCUT2D eigenvalue weighted by molar-refractivity contribution is 5.95. The molecule has 0 spiro atoms. The molecule has 0 amide bonds. The summed E-state index contributed by atoms with van der Waals surface area (Å²) in [7, 11) is 1.85. The monoisotopic (exact) mass is 470 g/mol. The molecule has 3 N–H and O–H groups in total. The number of hydrogen-bond acceptors (Lipinski definition) is 7. The summed E-state index contributed by atoms with van der Waals surface area (Å²) < 4.78 is 5.69. The normalized spacial score (nSPS) is 15.9. The van der Waals surface area contributed by atoms with Gasteiger partial charge < -0.3 is 25.3 Å². The van der Waals surface area contributed by atoms with Gasteiger partial charge in [0.1, 0.15) is 11.6 Å². The highest BCUT2D eigenvalue weighted by Gasteiger charge is 2.19. The molecule has 0 saturated carbocycles.